The van der Waals surface area contributed by atoms with Crippen molar-refractivity contribution in [3.8, 4) is 0 Å². The van der Waals surface area contributed by atoms with Crippen LogP contribution in [0.3, 0.4) is 0 Å². The van der Waals surface area contributed by atoms with E-state index < -0.39 is 11.6 Å². The second-order valence-electron chi connectivity index (χ2n) is 9.03. The standard InChI is InChI=1S/C25H20BrF2N7O2S/c1-33-9-8-29-24(33)38-12-17-16-4-2-3-5-18(16)37-21(17)23(36)34-13-25(28,14-34)19-11-35(32-31-19)10-15-6-7-20(27)30-22(15)26/h2-9,11H,10,12-14H2,1H3. The van der Waals surface area contributed by atoms with Gasteiger partial charge in [0.25, 0.3) is 5.91 Å². The Balaban J connectivity index is 1.18. The quantitative estimate of drug-likeness (QED) is 0.197. The van der Waals surface area contributed by atoms with Gasteiger partial charge < -0.3 is 13.9 Å². The maximum Gasteiger partial charge on any atom is 0.290 e. The van der Waals surface area contributed by atoms with Crippen LogP contribution in [-0.4, -0.2) is 53.4 Å². The SMILES string of the molecule is Cn1ccnc1SCc1c(C(=O)N2CC(F)(c3cn(Cc4ccc(F)nc4Br)nn3)C2)oc2ccccc12. The summed E-state index contributed by atoms with van der Waals surface area (Å²) in [4.78, 5) is 22.9. The van der Waals surface area contributed by atoms with Crippen molar-refractivity contribution in [2.45, 2.75) is 23.1 Å². The van der Waals surface area contributed by atoms with Gasteiger partial charge in [0, 0.05) is 41.7 Å². The zero-order valence-electron chi connectivity index (χ0n) is 20.0. The van der Waals surface area contributed by atoms with Crippen LogP contribution >= 0.6 is 27.7 Å². The molecule has 5 aromatic rings. The average Bonchev–Trinajstić information content (AvgIpc) is 3.61. The molecule has 1 aliphatic rings. The Morgan fingerprint density at radius 2 is 2.05 bits per heavy atom. The molecule has 1 fully saturated rings. The number of pyridine rings is 1. The molecule has 0 saturated carbocycles. The van der Waals surface area contributed by atoms with Crippen molar-refractivity contribution < 1.29 is 18.0 Å². The van der Waals surface area contributed by atoms with Gasteiger partial charge in [-0.1, -0.05) is 35.2 Å². The van der Waals surface area contributed by atoms with Crippen LogP contribution in [-0.2, 0) is 25.0 Å². The number of halogens is 3. The van der Waals surface area contributed by atoms with E-state index in [2.05, 4.69) is 36.2 Å². The number of thioether (sulfide) groups is 1. The largest absolute Gasteiger partial charge is 0.451 e. The molecule has 0 atom stereocenters. The van der Waals surface area contributed by atoms with Gasteiger partial charge in [0.05, 0.1) is 25.8 Å². The molecule has 5 heterocycles. The lowest BCUT2D eigenvalue weighted by atomic mass is 9.92. The first-order chi connectivity index (χ1) is 18.3. The third-order valence-electron chi connectivity index (χ3n) is 6.41. The van der Waals surface area contributed by atoms with E-state index >= 15 is 4.39 Å². The number of furan rings is 1. The zero-order chi connectivity index (χ0) is 26.4. The van der Waals surface area contributed by atoms with Crippen LogP contribution in [0.4, 0.5) is 8.78 Å². The zero-order valence-corrected chi connectivity index (χ0v) is 22.4. The molecule has 1 aromatic carbocycles. The van der Waals surface area contributed by atoms with Gasteiger partial charge in [0.2, 0.25) is 5.95 Å². The van der Waals surface area contributed by atoms with E-state index in [1.54, 1.807) is 12.3 Å². The summed E-state index contributed by atoms with van der Waals surface area (Å²) < 4.78 is 38.6. The number of rotatable bonds is 7. The van der Waals surface area contributed by atoms with Gasteiger partial charge in [-0.25, -0.2) is 19.0 Å². The number of imidazole rings is 1. The minimum Gasteiger partial charge on any atom is -0.451 e. The Labute approximate surface area is 228 Å². The van der Waals surface area contributed by atoms with Gasteiger partial charge in [0.15, 0.2) is 16.6 Å². The number of amides is 1. The summed E-state index contributed by atoms with van der Waals surface area (Å²) in [7, 11) is 1.90. The van der Waals surface area contributed by atoms with Gasteiger partial charge in [0.1, 0.15) is 15.9 Å². The Bertz CT molecular complexity index is 1660. The molecule has 0 unspecified atom stereocenters. The van der Waals surface area contributed by atoms with E-state index in [0.717, 1.165) is 16.1 Å². The average molecular weight is 600 g/mol. The first kappa shape index (κ1) is 24.7. The van der Waals surface area contributed by atoms with Gasteiger partial charge >= 0.3 is 0 Å². The van der Waals surface area contributed by atoms with Crippen LogP contribution in [0.2, 0.25) is 0 Å². The Morgan fingerprint density at radius 3 is 2.82 bits per heavy atom. The molecular formula is C25H20BrF2N7O2S. The van der Waals surface area contributed by atoms with Crippen LogP contribution in [0.15, 0.2) is 69.2 Å². The fourth-order valence-corrected chi connectivity index (χ4v) is 5.75. The van der Waals surface area contributed by atoms with Crippen LogP contribution < -0.4 is 0 Å². The highest BCUT2D eigenvalue weighted by Gasteiger charge is 2.50. The highest BCUT2D eigenvalue weighted by molar-refractivity contribution is 9.10. The molecule has 9 nitrogen and oxygen atoms in total. The summed E-state index contributed by atoms with van der Waals surface area (Å²) in [6.07, 6.45) is 5.07. The maximum atomic E-state index is 15.7. The number of likely N-dealkylation sites (tertiary alicyclic amines) is 1. The highest BCUT2D eigenvalue weighted by atomic mass is 79.9. The summed E-state index contributed by atoms with van der Waals surface area (Å²) in [5.41, 5.74) is 0.312. The smallest absolute Gasteiger partial charge is 0.290 e. The second-order valence-corrected chi connectivity index (χ2v) is 10.7. The number of fused-ring (bicyclic) bond motifs is 1. The number of benzene rings is 1. The first-order valence-electron chi connectivity index (χ1n) is 11.6. The van der Waals surface area contributed by atoms with Gasteiger partial charge in [-0.05, 0) is 34.1 Å². The number of carbonyl (C=O) groups is 1. The van der Waals surface area contributed by atoms with Crippen molar-refractivity contribution >= 4 is 44.6 Å². The van der Waals surface area contributed by atoms with E-state index in [0.29, 0.717) is 21.5 Å². The molecule has 0 spiro atoms. The van der Waals surface area contributed by atoms with E-state index in [1.807, 2.05) is 42.1 Å². The molecule has 38 heavy (non-hydrogen) atoms. The Kier molecular flexibility index (Phi) is 6.26. The van der Waals surface area contributed by atoms with E-state index in [1.165, 1.54) is 33.6 Å². The first-order valence-corrected chi connectivity index (χ1v) is 13.4. The van der Waals surface area contributed by atoms with Crippen molar-refractivity contribution in [3.05, 3.63) is 88.1 Å². The van der Waals surface area contributed by atoms with Gasteiger partial charge in [-0.3, -0.25) is 4.79 Å². The predicted molar refractivity (Wildman–Crippen MR) is 139 cm³/mol. The summed E-state index contributed by atoms with van der Waals surface area (Å²) in [5, 5.41) is 9.65. The highest BCUT2D eigenvalue weighted by Crippen LogP contribution is 2.38. The number of carbonyl (C=O) groups excluding carboxylic acids is 1. The number of hydrogen-bond acceptors (Lipinski definition) is 7. The Hall–Kier alpha value is -3.58. The molecule has 1 saturated heterocycles. The number of aromatic nitrogens is 6. The topological polar surface area (TPSA) is 94.9 Å². The summed E-state index contributed by atoms with van der Waals surface area (Å²) in [6, 6.07) is 10.3. The third kappa shape index (κ3) is 4.49. The normalized spacial score (nSPS) is 14.7. The van der Waals surface area contributed by atoms with Crippen LogP contribution in [0, 0.1) is 5.95 Å². The second kappa shape index (κ2) is 9.62. The van der Waals surface area contributed by atoms with E-state index in [9.17, 15) is 9.18 Å². The van der Waals surface area contributed by atoms with Crippen molar-refractivity contribution in [2.24, 2.45) is 7.05 Å². The number of nitrogens with zero attached hydrogens (tertiary/aromatic N) is 7. The summed E-state index contributed by atoms with van der Waals surface area (Å²) in [5.74, 6) is -0.310. The van der Waals surface area contributed by atoms with Crippen molar-refractivity contribution in [1.82, 2.24) is 34.4 Å². The molecule has 0 N–H and O–H groups in total. The molecule has 1 aliphatic heterocycles. The number of para-hydroxylation sites is 1. The molecule has 13 heteroatoms. The molecule has 194 valence electrons. The monoisotopic (exact) mass is 599 g/mol. The fourth-order valence-electron chi connectivity index (χ4n) is 4.36. The molecule has 6 rings (SSSR count). The molecule has 0 aliphatic carbocycles. The molecule has 4 aromatic heterocycles. The number of alkyl halides is 1. The molecular weight excluding hydrogens is 580 g/mol. The minimum atomic E-state index is -1.83. The minimum absolute atomic E-state index is 0.128. The molecule has 0 bridgehead atoms. The lowest BCUT2D eigenvalue weighted by molar-refractivity contribution is -0.0273. The summed E-state index contributed by atoms with van der Waals surface area (Å²) in [6.45, 7) is -0.111. The lowest BCUT2D eigenvalue weighted by Gasteiger charge is -2.42. The third-order valence-corrected chi connectivity index (χ3v) is 8.18. The van der Waals surface area contributed by atoms with Crippen LogP contribution in [0.1, 0.15) is 27.4 Å². The van der Waals surface area contributed by atoms with Crippen LogP contribution in [0.25, 0.3) is 11.0 Å². The van der Waals surface area contributed by atoms with Crippen molar-refractivity contribution in [1.29, 1.82) is 0 Å². The van der Waals surface area contributed by atoms with E-state index in [-0.39, 0.29) is 37.0 Å². The van der Waals surface area contributed by atoms with Crippen molar-refractivity contribution in [3.63, 3.8) is 0 Å². The number of hydrogen-bond donors (Lipinski definition) is 0. The van der Waals surface area contributed by atoms with Gasteiger partial charge in [-0.15, -0.1) is 5.10 Å². The molecule has 1 amide bonds. The van der Waals surface area contributed by atoms with Gasteiger partial charge in [-0.2, -0.15) is 4.39 Å². The molecule has 0 radical (unpaired) electrons. The van der Waals surface area contributed by atoms with Crippen LogP contribution in [0.5, 0.6) is 0 Å². The predicted octanol–water partition coefficient (Wildman–Crippen LogP) is 4.72. The van der Waals surface area contributed by atoms with Crippen molar-refractivity contribution in [2.75, 3.05) is 13.1 Å². The lowest BCUT2D eigenvalue weighted by Crippen LogP contribution is -2.59. The summed E-state index contributed by atoms with van der Waals surface area (Å²) >= 11 is 4.71. The number of aryl methyl sites for hydroxylation is 1. The Morgan fingerprint density at radius 1 is 1.24 bits per heavy atom. The fraction of sp³-hybridized carbons (Fsp3) is 0.240. The van der Waals surface area contributed by atoms with E-state index in [4.69, 9.17) is 4.42 Å². The maximum absolute atomic E-state index is 15.7.